The van der Waals surface area contributed by atoms with E-state index in [9.17, 15) is 14.4 Å². The molecule has 0 atom stereocenters. The number of imide groups is 3. The predicted octanol–water partition coefficient (Wildman–Crippen LogP) is 5.36. The number of hydrogen-bond donors (Lipinski definition) is 0. The molecule has 1 aliphatic heterocycles. The zero-order valence-electron chi connectivity index (χ0n) is 21.3. The molecule has 0 bridgehead atoms. The summed E-state index contributed by atoms with van der Waals surface area (Å²) >= 11 is 0. The molecule has 1 aromatic carbocycles. The summed E-state index contributed by atoms with van der Waals surface area (Å²) in [6.45, 7) is 13.4. The lowest BCUT2D eigenvalue weighted by Crippen LogP contribution is -2.47. The van der Waals surface area contributed by atoms with E-state index in [1.165, 1.54) is 12.1 Å². The number of fused-ring (bicyclic) bond motifs is 1. The molecule has 0 fully saturated rings. The molecule has 3 rings (SSSR count). The fourth-order valence-corrected chi connectivity index (χ4v) is 3.24. The van der Waals surface area contributed by atoms with Crippen LogP contribution < -0.4 is 4.74 Å². The van der Waals surface area contributed by atoms with E-state index in [0.29, 0.717) is 27.6 Å². The quantitative estimate of drug-likeness (QED) is 0.568. The van der Waals surface area contributed by atoms with Crippen molar-refractivity contribution in [3.8, 4) is 5.75 Å². The van der Waals surface area contributed by atoms with Gasteiger partial charge in [0, 0.05) is 17.3 Å². The van der Waals surface area contributed by atoms with Crippen molar-refractivity contribution in [1.82, 2.24) is 9.88 Å². The molecule has 0 N–H and O–H groups in total. The average molecular weight is 482 g/mol. The maximum Gasteiger partial charge on any atom is 0.427 e. The molecule has 0 radical (unpaired) electrons. The Kier molecular flexibility index (Phi) is 6.75. The maximum atomic E-state index is 13.5. The van der Waals surface area contributed by atoms with Gasteiger partial charge in [0.15, 0.2) is 5.72 Å². The number of amides is 3. The highest BCUT2D eigenvalue weighted by molar-refractivity contribution is 6.17. The van der Waals surface area contributed by atoms with Gasteiger partial charge in [-0.1, -0.05) is 6.07 Å². The molecule has 0 saturated heterocycles. The van der Waals surface area contributed by atoms with Crippen LogP contribution >= 0.6 is 0 Å². The van der Waals surface area contributed by atoms with E-state index in [4.69, 9.17) is 14.2 Å². The molecule has 0 unspecified atom stereocenters. The highest BCUT2D eigenvalue weighted by Crippen LogP contribution is 2.33. The van der Waals surface area contributed by atoms with Gasteiger partial charge in [0.05, 0.1) is 11.4 Å². The topological polar surface area (TPSA) is 107 Å². The smallest absolute Gasteiger partial charge is 0.427 e. The highest BCUT2D eigenvalue weighted by Gasteiger charge is 2.38. The number of benzene rings is 1. The monoisotopic (exact) mass is 481 g/mol. The number of pyridine rings is 1. The fraction of sp³-hybridized carbons (Fsp3) is 0.423. The number of carbonyl (C=O) groups excluding carboxylic acids is 3. The van der Waals surface area contributed by atoms with Crippen LogP contribution in [0.4, 0.5) is 9.59 Å². The fourth-order valence-electron chi connectivity index (χ4n) is 3.24. The van der Waals surface area contributed by atoms with Crippen molar-refractivity contribution in [3.63, 3.8) is 0 Å². The van der Waals surface area contributed by atoms with Crippen LogP contribution in [-0.4, -0.2) is 50.6 Å². The zero-order valence-corrected chi connectivity index (χ0v) is 21.3. The van der Waals surface area contributed by atoms with E-state index >= 15 is 0 Å². The second-order valence-corrected chi connectivity index (χ2v) is 10.5. The number of ether oxygens (including phenoxy) is 3. The van der Waals surface area contributed by atoms with Crippen LogP contribution in [0.15, 0.2) is 47.6 Å². The number of aliphatic imine (C=N–C) groups is 1. The Morgan fingerprint density at radius 2 is 1.51 bits per heavy atom. The largest absolute Gasteiger partial charge is 0.466 e. The van der Waals surface area contributed by atoms with Crippen molar-refractivity contribution in [2.45, 2.75) is 72.3 Å². The molecule has 2 heterocycles. The van der Waals surface area contributed by atoms with Gasteiger partial charge in [-0.2, -0.15) is 0 Å². The Labute approximate surface area is 205 Å². The van der Waals surface area contributed by atoms with Gasteiger partial charge < -0.3 is 14.2 Å². The number of hydrogen-bond acceptors (Lipinski definition) is 8. The van der Waals surface area contributed by atoms with Gasteiger partial charge in [-0.05, 0) is 85.7 Å². The van der Waals surface area contributed by atoms with Gasteiger partial charge in [0.1, 0.15) is 17.0 Å². The van der Waals surface area contributed by atoms with Crippen molar-refractivity contribution >= 4 is 23.8 Å². The van der Waals surface area contributed by atoms with Gasteiger partial charge in [0.2, 0.25) is 0 Å². The minimum atomic E-state index is -1.13. The second-order valence-electron chi connectivity index (χ2n) is 10.5. The molecule has 0 spiro atoms. The van der Waals surface area contributed by atoms with E-state index in [1.807, 2.05) is 19.9 Å². The third-order valence-electron chi connectivity index (χ3n) is 4.49. The van der Waals surface area contributed by atoms with Crippen molar-refractivity contribution in [2.75, 3.05) is 0 Å². The van der Waals surface area contributed by atoms with Crippen molar-refractivity contribution < 1.29 is 28.6 Å². The Balaban J connectivity index is 2.07. The summed E-state index contributed by atoms with van der Waals surface area (Å²) in [5, 5.41) is 0. The van der Waals surface area contributed by atoms with Crippen LogP contribution in [0.3, 0.4) is 0 Å². The van der Waals surface area contributed by atoms with E-state index < -0.39 is 35.0 Å². The lowest BCUT2D eigenvalue weighted by molar-refractivity contribution is 0.00397. The summed E-state index contributed by atoms with van der Waals surface area (Å²) in [5.41, 5.74) is -1.07. The SMILES string of the molecule is CC(C)(C)OC(=O)N(C(=O)OC(C)(C)C)C(=O)c1ccc2c(c1)C(c1ccccn1)=NC(C)(C)O2. The molecule has 2 aromatic rings. The van der Waals surface area contributed by atoms with E-state index in [2.05, 4.69) is 9.98 Å². The first-order valence-electron chi connectivity index (χ1n) is 11.2. The average Bonchev–Trinajstić information content (AvgIpc) is 2.70. The first kappa shape index (κ1) is 25.9. The van der Waals surface area contributed by atoms with Crippen LogP contribution in [0.5, 0.6) is 5.75 Å². The minimum absolute atomic E-state index is 0.0485. The van der Waals surface area contributed by atoms with Crippen molar-refractivity contribution in [1.29, 1.82) is 0 Å². The van der Waals surface area contributed by atoms with Crippen LogP contribution in [-0.2, 0) is 9.47 Å². The van der Waals surface area contributed by atoms with Crippen LogP contribution in [0.1, 0.15) is 77.0 Å². The van der Waals surface area contributed by atoms with Crippen LogP contribution in [0.25, 0.3) is 0 Å². The van der Waals surface area contributed by atoms with E-state index in [1.54, 1.807) is 65.9 Å². The maximum absolute atomic E-state index is 13.5. The molecular weight excluding hydrogens is 450 g/mol. The number of carbonyl (C=O) groups is 3. The van der Waals surface area contributed by atoms with Crippen molar-refractivity contribution in [3.05, 3.63) is 59.4 Å². The molecule has 0 saturated carbocycles. The zero-order chi connectivity index (χ0) is 26.2. The van der Waals surface area contributed by atoms with Gasteiger partial charge in [-0.25, -0.2) is 14.6 Å². The van der Waals surface area contributed by atoms with E-state index in [-0.39, 0.29) is 5.56 Å². The summed E-state index contributed by atoms with van der Waals surface area (Å²) in [7, 11) is 0. The minimum Gasteiger partial charge on any atom is -0.466 e. The van der Waals surface area contributed by atoms with Crippen molar-refractivity contribution in [2.24, 2.45) is 4.99 Å². The third-order valence-corrected chi connectivity index (χ3v) is 4.49. The summed E-state index contributed by atoms with van der Waals surface area (Å²) in [6.07, 6.45) is -0.627. The molecule has 9 nitrogen and oxygen atoms in total. The molecule has 1 aromatic heterocycles. The van der Waals surface area contributed by atoms with E-state index in [0.717, 1.165) is 0 Å². The predicted molar refractivity (Wildman–Crippen MR) is 130 cm³/mol. The Morgan fingerprint density at radius 1 is 0.914 bits per heavy atom. The lowest BCUT2D eigenvalue weighted by atomic mass is 9.99. The molecule has 35 heavy (non-hydrogen) atoms. The van der Waals surface area contributed by atoms with Crippen LogP contribution in [0, 0.1) is 0 Å². The summed E-state index contributed by atoms with van der Waals surface area (Å²) in [4.78, 5) is 48.7. The molecule has 186 valence electrons. The normalized spacial score (nSPS) is 14.7. The molecular formula is C26H31N3O6. The summed E-state index contributed by atoms with van der Waals surface area (Å²) in [6, 6.07) is 10.0. The first-order chi connectivity index (χ1) is 16.1. The second kappa shape index (κ2) is 9.13. The van der Waals surface area contributed by atoms with Gasteiger partial charge in [-0.15, -0.1) is 4.90 Å². The first-order valence-corrected chi connectivity index (χ1v) is 11.2. The third kappa shape index (κ3) is 6.44. The number of aromatic nitrogens is 1. The highest BCUT2D eigenvalue weighted by atomic mass is 16.6. The van der Waals surface area contributed by atoms with Crippen LogP contribution in [0.2, 0.25) is 0 Å². The number of nitrogens with zero attached hydrogens (tertiary/aromatic N) is 3. The Bertz CT molecular complexity index is 1150. The Morgan fingerprint density at radius 3 is 2.03 bits per heavy atom. The number of rotatable bonds is 2. The van der Waals surface area contributed by atoms with Gasteiger partial charge in [0.25, 0.3) is 5.91 Å². The summed E-state index contributed by atoms with van der Waals surface area (Å²) < 4.78 is 16.6. The molecule has 0 aliphatic carbocycles. The summed E-state index contributed by atoms with van der Waals surface area (Å²) in [5.74, 6) is -0.412. The standard InChI is InChI=1S/C26H31N3O6/c1-24(2,3)34-22(31)29(23(32)35-25(4,5)6)21(30)16-12-13-19-17(15-16)20(28-26(7,8)33-19)18-11-9-10-14-27-18/h9-15H,1-8H3. The molecule has 1 aliphatic rings. The van der Waals surface area contributed by atoms with Gasteiger partial charge >= 0.3 is 12.2 Å². The molecule has 9 heteroatoms. The lowest BCUT2D eigenvalue weighted by Gasteiger charge is -2.30. The molecule has 3 amide bonds. The Hall–Kier alpha value is -3.75. The van der Waals surface area contributed by atoms with Gasteiger partial charge in [-0.3, -0.25) is 9.78 Å².